The largest absolute Gasteiger partial charge is 0.491 e. The smallest absolute Gasteiger partial charge is 0.165 e. The number of benzene rings is 1. The van der Waals surface area contributed by atoms with Crippen LogP contribution in [0.2, 0.25) is 0 Å². The number of fused-ring (bicyclic) bond motifs is 1. The van der Waals surface area contributed by atoms with Crippen LogP contribution in [-0.2, 0) is 20.1 Å². The number of nitrogens with zero attached hydrogens (tertiary/aromatic N) is 6. The number of halogens is 1. The molecule has 5 rings (SSSR count). The second-order valence-electron chi connectivity index (χ2n) is 8.89. The van der Waals surface area contributed by atoms with Gasteiger partial charge in [0.25, 0.3) is 0 Å². The lowest BCUT2D eigenvalue weighted by atomic mass is 10.1. The number of aromatic nitrogens is 5. The van der Waals surface area contributed by atoms with E-state index in [1.165, 1.54) is 12.1 Å². The van der Waals surface area contributed by atoms with Crippen LogP contribution in [0.3, 0.4) is 0 Å². The van der Waals surface area contributed by atoms with Crippen molar-refractivity contribution >= 4 is 5.82 Å². The molecule has 1 aliphatic rings. The Hall–Kier alpha value is -3.83. The summed E-state index contributed by atoms with van der Waals surface area (Å²) < 4.78 is 28.0. The monoisotopic (exact) mass is 493 g/mol. The Balaban J connectivity index is 1.55. The summed E-state index contributed by atoms with van der Waals surface area (Å²) in [5, 5.41) is 21.2. The first-order chi connectivity index (χ1) is 17.3. The van der Waals surface area contributed by atoms with E-state index in [2.05, 4.69) is 20.5 Å². The second kappa shape index (κ2) is 9.67. The molecule has 1 unspecified atom stereocenters. The van der Waals surface area contributed by atoms with E-state index in [4.69, 9.17) is 19.2 Å². The van der Waals surface area contributed by atoms with Crippen molar-refractivity contribution in [1.29, 1.82) is 0 Å². The summed E-state index contributed by atoms with van der Waals surface area (Å²) in [5.74, 6) is 1.42. The molecule has 4 heterocycles. The van der Waals surface area contributed by atoms with Crippen LogP contribution in [0.15, 0.2) is 35.0 Å². The third kappa shape index (κ3) is 4.54. The summed E-state index contributed by atoms with van der Waals surface area (Å²) in [7, 11) is 3.66. The number of rotatable bonds is 8. The molecule has 0 aliphatic carbocycles. The number of aliphatic hydroxyl groups excluding tert-OH is 1. The van der Waals surface area contributed by atoms with Crippen LogP contribution in [0, 0.1) is 19.7 Å². The standard InChI is InChI=1S/C25H28FN7O3/c1-14-24(15(2)36-31-14)21-8-23(33-11-16-9-28-32(4)22(16)12-33)30-25(29-21)19-7-18(5-6-20(19)26)35-13-17(34)10-27-3/h5-9,17,27,34H,10-13H2,1-4H3. The summed E-state index contributed by atoms with van der Waals surface area (Å²) in [5.41, 5.74) is 4.46. The van der Waals surface area contributed by atoms with Gasteiger partial charge in [-0.3, -0.25) is 4.68 Å². The SMILES string of the molecule is CNCC(O)COc1ccc(F)c(-c2nc(-c3c(C)noc3C)cc(N3Cc4cnn(C)c4C3)n2)c1. The highest BCUT2D eigenvalue weighted by Crippen LogP contribution is 2.34. The number of aliphatic hydroxyl groups is 1. The molecule has 0 fully saturated rings. The summed E-state index contributed by atoms with van der Waals surface area (Å²) in [4.78, 5) is 11.6. The van der Waals surface area contributed by atoms with Gasteiger partial charge in [-0.1, -0.05) is 5.16 Å². The first-order valence-corrected chi connectivity index (χ1v) is 11.7. The first kappa shape index (κ1) is 23.9. The van der Waals surface area contributed by atoms with Crippen LogP contribution >= 0.6 is 0 Å². The molecule has 0 bridgehead atoms. The Kier molecular flexibility index (Phi) is 6.42. The molecule has 1 aromatic carbocycles. The van der Waals surface area contributed by atoms with Crippen molar-refractivity contribution in [2.45, 2.75) is 33.0 Å². The van der Waals surface area contributed by atoms with Gasteiger partial charge >= 0.3 is 0 Å². The van der Waals surface area contributed by atoms with Gasteiger partial charge in [0.1, 0.15) is 35.9 Å². The molecule has 0 radical (unpaired) electrons. The maximum absolute atomic E-state index is 15.1. The van der Waals surface area contributed by atoms with Crippen LogP contribution in [0.1, 0.15) is 22.7 Å². The van der Waals surface area contributed by atoms with Gasteiger partial charge in [-0.05, 0) is 39.1 Å². The Labute approximate surface area is 207 Å². The van der Waals surface area contributed by atoms with Gasteiger partial charge in [-0.15, -0.1) is 0 Å². The predicted molar refractivity (Wildman–Crippen MR) is 131 cm³/mol. The second-order valence-corrected chi connectivity index (χ2v) is 8.89. The van der Waals surface area contributed by atoms with Crippen molar-refractivity contribution in [2.24, 2.45) is 7.05 Å². The molecule has 1 atom stereocenters. The lowest BCUT2D eigenvalue weighted by molar-refractivity contribution is 0.108. The van der Waals surface area contributed by atoms with Crippen LogP contribution in [-0.4, -0.2) is 56.3 Å². The van der Waals surface area contributed by atoms with E-state index in [9.17, 15) is 5.11 Å². The third-order valence-corrected chi connectivity index (χ3v) is 6.24. The number of hydrogen-bond acceptors (Lipinski definition) is 9. The fraction of sp³-hybridized carbons (Fsp3) is 0.360. The molecule has 0 spiro atoms. The molecule has 188 valence electrons. The van der Waals surface area contributed by atoms with Crippen LogP contribution in [0.25, 0.3) is 22.6 Å². The van der Waals surface area contributed by atoms with E-state index in [1.807, 2.05) is 37.8 Å². The zero-order chi connectivity index (χ0) is 25.4. The highest BCUT2D eigenvalue weighted by atomic mass is 19.1. The minimum atomic E-state index is -0.694. The van der Waals surface area contributed by atoms with E-state index in [0.717, 1.165) is 16.8 Å². The van der Waals surface area contributed by atoms with Crippen LogP contribution in [0.5, 0.6) is 5.75 Å². The minimum absolute atomic E-state index is 0.0667. The third-order valence-electron chi connectivity index (χ3n) is 6.24. The Morgan fingerprint density at radius 3 is 2.78 bits per heavy atom. The zero-order valence-electron chi connectivity index (χ0n) is 20.6. The maximum atomic E-state index is 15.1. The highest BCUT2D eigenvalue weighted by Gasteiger charge is 2.26. The van der Waals surface area contributed by atoms with Crippen LogP contribution in [0.4, 0.5) is 10.2 Å². The summed E-state index contributed by atoms with van der Waals surface area (Å²) in [6.07, 6.45) is 1.16. The van der Waals surface area contributed by atoms with Crippen molar-refractivity contribution in [1.82, 2.24) is 30.2 Å². The van der Waals surface area contributed by atoms with Crippen molar-refractivity contribution in [3.63, 3.8) is 0 Å². The quantitative estimate of drug-likeness (QED) is 0.382. The van der Waals surface area contributed by atoms with Gasteiger partial charge in [0.2, 0.25) is 0 Å². The van der Waals surface area contributed by atoms with E-state index in [1.54, 1.807) is 13.1 Å². The molecule has 0 saturated carbocycles. The fourth-order valence-corrected chi connectivity index (χ4v) is 4.39. The number of aryl methyl sites for hydroxylation is 3. The van der Waals surface area contributed by atoms with Gasteiger partial charge in [-0.2, -0.15) is 5.10 Å². The van der Waals surface area contributed by atoms with E-state index < -0.39 is 11.9 Å². The van der Waals surface area contributed by atoms with Crippen molar-refractivity contribution in [3.8, 4) is 28.4 Å². The molecular formula is C25H28FN7O3. The van der Waals surface area contributed by atoms with E-state index >= 15 is 4.39 Å². The molecule has 0 amide bonds. The molecule has 10 nitrogen and oxygen atoms in total. The molecule has 3 aromatic heterocycles. The maximum Gasteiger partial charge on any atom is 0.165 e. The highest BCUT2D eigenvalue weighted by molar-refractivity contribution is 5.71. The molecular weight excluding hydrogens is 465 g/mol. The van der Waals surface area contributed by atoms with Gasteiger partial charge in [0, 0.05) is 31.8 Å². The summed E-state index contributed by atoms with van der Waals surface area (Å²) in [6.45, 7) is 5.37. The van der Waals surface area contributed by atoms with Crippen molar-refractivity contribution < 1.29 is 18.8 Å². The Morgan fingerprint density at radius 2 is 2.06 bits per heavy atom. The number of hydrogen-bond donors (Lipinski definition) is 2. The lowest BCUT2D eigenvalue weighted by Gasteiger charge is -2.19. The predicted octanol–water partition coefficient (Wildman–Crippen LogP) is 2.77. The number of likely N-dealkylation sites (N-methyl/N-ethyl adjacent to an activating group) is 1. The normalized spacial score (nSPS) is 13.8. The van der Waals surface area contributed by atoms with E-state index in [-0.39, 0.29) is 18.0 Å². The van der Waals surface area contributed by atoms with Gasteiger partial charge in [0.15, 0.2) is 5.82 Å². The van der Waals surface area contributed by atoms with Crippen molar-refractivity contribution in [2.75, 3.05) is 25.1 Å². The molecule has 4 aromatic rings. The minimum Gasteiger partial charge on any atom is -0.491 e. The van der Waals surface area contributed by atoms with Crippen molar-refractivity contribution in [3.05, 3.63) is 59.0 Å². The van der Waals surface area contributed by atoms with Gasteiger partial charge in [0.05, 0.1) is 41.0 Å². The van der Waals surface area contributed by atoms with Crippen LogP contribution < -0.4 is 15.0 Å². The average molecular weight is 494 g/mol. The average Bonchev–Trinajstić information content (AvgIpc) is 3.54. The van der Waals surface area contributed by atoms with Gasteiger partial charge < -0.3 is 24.6 Å². The summed E-state index contributed by atoms with van der Waals surface area (Å²) >= 11 is 0. The van der Waals surface area contributed by atoms with Gasteiger partial charge in [-0.25, -0.2) is 14.4 Å². The number of nitrogens with one attached hydrogen (secondary N) is 1. The molecule has 1 aliphatic heterocycles. The molecule has 0 saturated heterocycles. The zero-order valence-corrected chi connectivity index (χ0v) is 20.6. The molecule has 11 heteroatoms. The molecule has 36 heavy (non-hydrogen) atoms. The summed E-state index contributed by atoms with van der Waals surface area (Å²) in [6, 6.07) is 6.27. The van der Waals surface area contributed by atoms with E-state index in [0.29, 0.717) is 48.3 Å². The number of anilines is 1. The number of ether oxygens (including phenoxy) is 1. The lowest BCUT2D eigenvalue weighted by Crippen LogP contribution is -2.29. The first-order valence-electron chi connectivity index (χ1n) is 11.7. The Morgan fingerprint density at radius 1 is 1.22 bits per heavy atom. The fourth-order valence-electron chi connectivity index (χ4n) is 4.39. The topological polar surface area (TPSA) is 114 Å². The molecule has 2 N–H and O–H groups in total. The Bertz CT molecular complexity index is 1380.